The molecule has 0 unspecified atom stereocenters. The lowest BCUT2D eigenvalue weighted by atomic mass is 10.1. The standard InChI is InChI=1S/C20H24ClN3O3S/c1-14-18(28-13-22-14)20(26)24-9-4-3-8-23(2)19(25)16-12-15(21)6-7-17(16)27-11-5-10-24/h6-7,12-13H,3-5,8-11H2,1-2H3. The van der Waals surface area contributed by atoms with E-state index in [1.54, 1.807) is 35.7 Å². The molecule has 1 aromatic heterocycles. The van der Waals surface area contributed by atoms with Crippen molar-refractivity contribution in [2.75, 3.05) is 33.3 Å². The quantitative estimate of drug-likeness (QED) is 0.700. The zero-order valence-corrected chi connectivity index (χ0v) is 17.7. The van der Waals surface area contributed by atoms with Gasteiger partial charge in [-0.15, -0.1) is 11.3 Å². The third-order valence-corrected chi connectivity index (χ3v) is 5.90. The number of ether oxygens (including phenoxy) is 1. The van der Waals surface area contributed by atoms with E-state index in [2.05, 4.69) is 4.98 Å². The number of carbonyl (C=O) groups excluding carboxylic acids is 2. The predicted octanol–water partition coefficient (Wildman–Crippen LogP) is 3.88. The number of benzene rings is 1. The SMILES string of the molecule is Cc1ncsc1C(=O)N1CCCCN(C)C(=O)c2cc(Cl)ccc2OCCC1. The van der Waals surface area contributed by atoms with E-state index in [4.69, 9.17) is 16.3 Å². The van der Waals surface area contributed by atoms with Crippen molar-refractivity contribution in [3.05, 3.63) is 44.9 Å². The molecule has 3 rings (SSSR count). The number of rotatable bonds is 1. The number of amides is 2. The highest BCUT2D eigenvalue weighted by molar-refractivity contribution is 7.11. The number of fused-ring (bicyclic) bond motifs is 1. The highest BCUT2D eigenvalue weighted by Crippen LogP contribution is 2.25. The molecule has 0 atom stereocenters. The van der Waals surface area contributed by atoms with Gasteiger partial charge in [0.15, 0.2) is 0 Å². The zero-order valence-electron chi connectivity index (χ0n) is 16.1. The molecule has 8 heteroatoms. The Balaban J connectivity index is 1.76. The van der Waals surface area contributed by atoms with Crippen molar-refractivity contribution >= 4 is 34.8 Å². The molecule has 0 bridgehead atoms. The molecular formula is C20H24ClN3O3S. The molecule has 1 aromatic carbocycles. The van der Waals surface area contributed by atoms with Crippen LogP contribution in [0.25, 0.3) is 0 Å². The van der Waals surface area contributed by atoms with Crippen LogP contribution in [-0.2, 0) is 0 Å². The maximum absolute atomic E-state index is 12.9. The lowest BCUT2D eigenvalue weighted by Crippen LogP contribution is -2.34. The Kier molecular flexibility index (Phi) is 6.91. The predicted molar refractivity (Wildman–Crippen MR) is 111 cm³/mol. The van der Waals surface area contributed by atoms with Crippen molar-refractivity contribution < 1.29 is 14.3 Å². The first-order valence-electron chi connectivity index (χ1n) is 9.34. The van der Waals surface area contributed by atoms with Gasteiger partial charge in [0, 0.05) is 31.7 Å². The van der Waals surface area contributed by atoms with Crippen molar-refractivity contribution in [1.29, 1.82) is 0 Å². The average molecular weight is 422 g/mol. The largest absolute Gasteiger partial charge is 0.493 e. The summed E-state index contributed by atoms with van der Waals surface area (Å²) in [5.74, 6) is 0.438. The first kappa shape index (κ1) is 20.6. The first-order chi connectivity index (χ1) is 13.5. The fourth-order valence-electron chi connectivity index (χ4n) is 3.16. The number of carbonyl (C=O) groups is 2. The lowest BCUT2D eigenvalue weighted by molar-refractivity contribution is 0.0739. The third-order valence-electron chi connectivity index (χ3n) is 4.75. The molecule has 2 heterocycles. The number of halogens is 1. The number of thiazole rings is 1. The number of aryl methyl sites for hydroxylation is 1. The highest BCUT2D eigenvalue weighted by atomic mass is 35.5. The Bertz CT molecular complexity index is 855. The van der Waals surface area contributed by atoms with Crippen LogP contribution in [-0.4, -0.2) is 59.9 Å². The van der Waals surface area contributed by atoms with E-state index in [0.29, 0.717) is 53.9 Å². The van der Waals surface area contributed by atoms with Gasteiger partial charge in [-0.1, -0.05) is 11.6 Å². The molecule has 2 aromatic rings. The molecule has 0 saturated carbocycles. The van der Waals surface area contributed by atoms with Gasteiger partial charge in [0.1, 0.15) is 10.6 Å². The topological polar surface area (TPSA) is 62.7 Å². The molecule has 0 saturated heterocycles. The van der Waals surface area contributed by atoms with Crippen molar-refractivity contribution in [2.24, 2.45) is 0 Å². The van der Waals surface area contributed by atoms with Crippen molar-refractivity contribution in [3.8, 4) is 5.75 Å². The Labute approximate surface area is 174 Å². The van der Waals surface area contributed by atoms with Crippen molar-refractivity contribution in [2.45, 2.75) is 26.2 Å². The van der Waals surface area contributed by atoms with E-state index in [-0.39, 0.29) is 11.8 Å². The van der Waals surface area contributed by atoms with Crippen LogP contribution in [0.15, 0.2) is 23.7 Å². The van der Waals surface area contributed by atoms with E-state index in [0.717, 1.165) is 18.5 Å². The van der Waals surface area contributed by atoms with E-state index < -0.39 is 0 Å². The fraction of sp³-hybridized carbons (Fsp3) is 0.450. The molecule has 0 N–H and O–H groups in total. The van der Waals surface area contributed by atoms with Gasteiger partial charge >= 0.3 is 0 Å². The van der Waals surface area contributed by atoms with Crippen LogP contribution >= 0.6 is 22.9 Å². The van der Waals surface area contributed by atoms with E-state index in [9.17, 15) is 9.59 Å². The van der Waals surface area contributed by atoms with Gasteiger partial charge in [-0.05, 0) is 44.4 Å². The van der Waals surface area contributed by atoms with Crippen LogP contribution in [0.4, 0.5) is 0 Å². The maximum atomic E-state index is 12.9. The molecule has 1 aliphatic heterocycles. The Morgan fingerprint density at radius 1 is 1.21 bits per heavy atom. The van der Waals surface area contributed by atoms with E-state index >= 15 is 0 Å². The van der Waals surface area contributed by atoms with Crippen LogP contribution < -0.4 is 4.74 Å². The molecule has 0 aliphatic carbocycles. The second-order valence-electron chi connectivity index (χ2n) is 6.84. The zero-order chi connectivity index (χ0) is 20.1. The smallest absolute Gasteiger partial charge is 0.265 e. The minimum absolute atomic E-state index is 0.0199. The molecule has 0 spiro atoms. The second-order valence-corrected chi connectivity index (χ2v) is 8.13. The van der Waals surface area contributed by atoms with Crippen LogP contribution in [0, 0.1) is 6.92 Å². The summed E-state index contributed by atoms with van der Waals surface area (Å²) in [6.45, 7) is 4.12. The Hall–Kier alpha value is -2.12. The van der Waals surface area contributed by atoms with Gasteiger partial charge < -0.3 is 14.5 Å². The normalized spacial score (nSPS) is 16.5. The summed E-state index contributed by atoms with van der Waals surface area (Å²) in [4.78, 5) is 34.1. The third kappa shape index (κ3) is 4.83. The van der Waals surface area contributed by atoms with Crippen molar-refractivity contribution in [1.82, 2.24) is 14.8 Å². The van der Waals surface area contributed by atoms with Gasteiger partial charge in [-0.2, -0.15) is 0 Å². The van der Waals surface area contributed by atoms with Gasteiger partial charge in [-0.25, -0.2) is 4.98 Å². The fourth-order valence-corrected chi connectivity index (χ4v) is 4.10. The molecule has 0 radical (unpaired) electrons. The Morgan fingerprint density at radius 3 is 2.71 bits per heavy atom. The minimum atomic E-state index is -0.107. The van der Waals surface area contributed by atoms with E-state index in [1.807, 2.05) is 11.8 Å². The molecule has 0 fully saturated rings. The monoisotopic (exact) mass is 421 g/mol. The van der Waals surface area contributed by atoms with Crippen LogP contribution in [0.2, 0.25) is 5.02 Å². The number of hydrogen-bond donors (Lipinski definition) is 0. The molecule has 1 aliphatic rings. The summed E-state index contributed by atoms with van der Waals surface area (Å²) >= 11 is 7.46. The number of hydrogen-bond acceptors (Lipinski definition) is 5. The maximum Gasteiger partial charge on any atom is 0.265 e. The molecule has 2 amide bonds. The number of nitrogens with zero attached hydrogens (tertiary/aromatic N) is 3. The van der Waals surface area contributed by atoms with Crippen LogP contribution in [0.5, 0.6) is 5.75 Å². The van der Waals surface area contributed by atoms with Crippen LogP contribution in [0.3, 0.4) is 0 Å². The summed E-state index contributed by atoms with van der Waals surface area (Å²) in [5.41, 5.74) is 2.95. The average Bonchev–Trinajstić information content (AvgIpc) is 3.11. The molecule has 150 valence electrons. The summed E-state index contributed by atoms with van der Waals surface area (Å²) < 4.78 is 5.86. The lowest BCUT2D eigenvalue weighted by Gasteiger charge is -2.22. The molecule has 6 nitrogen and oxygen atoms in total. The van der Waals surface area contributed by atoms with Crippen LogP contribution in [0.1, 0.15) is 45.0 Å². The minimum Gasteiger partial charge on any atom is -0.493 e. The second kappa shape index (κ2) is 9.39. The van der Waals surface area contributed by atoms with E-state index in [1.165, 1.54) is 11.3 Å². The van der Waals surface area contributed by atoms with Crippen molar-refractivity contribution in [3.63, 3.8) is 0 Å². The first-order valence-corrected chi connectivity index (χ1v) is 10.6. The van der Waals surface area contributed by atoms with Gasteiger partial charge in [0.05, 0.1) is 23.4 Å². The summed E-state index contributed by atoms with van der Waals surface area (Å²) in [6, 6.07) is 5.10. The number of aromatic nitrogens is 1. The van der Waals surface area contributed by atoms with Gasteiger partial charge in [0.25, 0.3) is 11.8 Å². The Morgan fingerprint density at radius 2 is 1.96 bits per heavy atom. The molecule has 28 heavy (non-hydrogen) atoms. The highest BCUT2D eigenvalue weighted by Gasteiger charge is 2.21. The van der Waals surface area contributed by atoms with Gasteiger partial charge in [0.2, 0.25) is 0 Å². The summed E-state index contributed by atoms with van der Waals surface area (Å²) in [6.07, 6.45) is 2.31. The molecular weight excluding hydrogens is 398 g/mol. The van der Waals surface area contributed by atoms with Gasteiger partial charge in [-0.3, -0.25) is 9.59 Å². The summed E-state index contributed by atoms with van der Waals surface area (Å²) in [7, 11) is 1.77. The summed E-state index contributed by atoms with van der Waals surface area (Å²) in [5, 5.41) is 0.505.